The number of primary sulfonamides is 1. The molecule has 2 aromatic rings. The maximum Gasteiger partial charge on any atom is 0.417 e. The van der Waals surface area contributed by atoms with Gasteiger partial charge >= 0.3 is 6.18 Å². The zero-order valence-electron chi connectivity index (χ0n) is 14.3. The highest BCUT2D eigenvalue weighted by Crippen LogP contribution is 2.29. The molecule has 2 rings (SSSR count). The van der Waals surface area contributed by atoms with Crippen LogP contribution in [0.1, 0.15) is 16.7 Å². The minimum Gasteiger partial charge on any atom is -0.325 e. The number of rotatable bonds is 5. The summed E-state index contributed by atoms with van der Waals surface area (Å²) in [6, 6.07) is 4.73. The second-order valence-corrected chi connectivity index (χ2v) is 8.23. The van der Waals surface area contributed by atoms with Crippen molar-refractivity contribution < 1.29 is 26.4 Å². The fourth-order valence-corrected chi connectivity index (χ4v) is 3.35. The number of aryl methyl sites for hydroxylation is 1. The smallest absolute Gasteiger partial charge is 0.325 e. The van der Waals surface area contributed by atoms with Gasteiger partial charge in [0.1, 0.15) is 0 Å². The Kier molecular flexibility index (Phi) is 6.17. The molecule has 3 N–H and O–H groups in total. The molecule has 146 valence electrons. The zero-order chi connectivity index (χ0) is 20.4. The second-order valence-electron chi connectivity index (χ2n) is 5.68. The van der Waals surface area contributed by atoms with Crippen LogP contribution in [-0.4, -0.2) is 25.1 Å². The number of aromatic nitrogens is 1. The van der Waals surface area contributed by atoms with Crippen LogP contribution in [-0.2, 0) is 21.0 Å². The predicted molar refractivity (Wildman–Crippen MR) is 95.9 cm³/mol. The Morgan fingerprint density at radius 2 is 1.93 bits per heavy atom. The molecule has 0 spiro atoms. The first-order valence-electron chi connectivity index (χ1n) is 7.48. The summed E-state index contributed by atoms with van der Waals surface area (Å²) in [6.45, 7) is 3.39. The number of thioether (sulfide) groups is 1. The number of nitrogens with zero attached hydrogens (tertiary/aromatic N) is 1. The van der Waals surface area contributed by atoms with Gasteiger partial charge in [0.2, 0.25) is 15.9 Å². The van der Waals surface area contributed by atoms with Crippen LogP contribution >= 0.6 is 11.8 Å². The highest BCUT2D eigenvalue weighted by molar-refractivity contribution is 7.99. The molecule has 0 atom stereocenters. The lowest BCUT2D eigenvalue weighted by Gasteiger charge is -2.12. The quantitative estimate of drug-likeness (QED) is 0.725. The molecule has 0 aliphatic carbocycles. The monoisotopic (exact) mass is 419 g/mol. The Balaban J connectivity index is 2.07. The van der Waals surface area contributed by atoms with E-state index in [1.54, 1.807) is 13.8 Å². The van der Waals surface area contributed by atoms with E-state index < -0.39 is 27.7 Å². The number of nitrogens with one attached hydrogen (secondary N) is 1. The number of hydrogen-bond donors (Lipinski definition) is 2. The van der Waals surface area contributed by atoms with Gasteiger partial charge in [-0.3, -0.25) is 4.79 Å². The van der Waals surface area contributed by atoms with Crippen LogP contribution in [0.5, 0.6) is 0 Å². The van der Waals surface area contributed by atoms with E-state index in [2.05, 4.69) is 10.3 Å². The Morgan fingerprint density at radius 3 is 2.44 bits per heavy atom. The van der Waals surface area contributed by atoms with Crippen LogP contribution < -0.4 is 10.5 Å². The van der Waals surface area contributed by atoms with Crippen molar-refractivity contribution in [1.82, 2.24) is 4.98 Å². The van der Waals surface area contributed by atoms with Gasteiger partial charge in [0.05, 0.1) is 21.2 Å². The van der Waals surface area contributed by atoms with Crippen molar-refractivity contribution in [2.75, 3.05) is 11.1 Å². The minimum absolute atomic E-state index is 0.115. The zero-order valence-corrected chi connectivity index (χ0v) is 15.9. The summed E-state index contributed by atoms with van der Waals surface area (Å²) in [6.07, 6.45) is -3.78. The first-order chi connectivity index (χ1) is 12.4. The largest absolute Gasteiger partial charge is 0.417 e. The molecule has 1 aromatic heterocycles. The molecule has 0 aliphatic rings. The van der Waals surface area contributed by atoms with Gasteiger partial charge in [-0.15, -0.1) is 0 Å². The van der Waals surface area contributed by atoms with Gasteiger partial charge in [0.25, 0.3) is 0 Å². The molecule has 27 heavy (non-hydrogen) atoms. The van der Waals surface area contributed by atoms with Gasteiger partial charge < -0.3 is 5.32 Å². The Hall–Kier alpha value is -2.11. The second kappa shape index (κ2) is 7.87. The highest BCUT2D eigenvalue weighted by Gasteiger charge is 2.30. The maximum atomic E-state index is 12.5. The lowest BCUT2D eigenvalue weighted by atomic mass is 10.1. The molecule has 1 amide bonds. The lowest BCUT2D eigenvalue weighted by Crippen LogP contribution is -2.17. The van der Waals surface area contributed by atoms with E-state index >= 15 is 0 Å². The molecule has 1 aromatic carbocycles. The van der Waals surface area contributed by atoms with Gasteiger partial charge in [-0.05, 0) is 49.2 Å². The molecule has 0 unspecified atom stereocenters. The van der Waals surface area contributed by atoms with Crippen LogP contribution in [0, 0.1) is 13.8 Å². The topological polar surface area (TPSA) is 102 Å². The number of alkyl halides is 3. The van der Waals surface area contributed by atoms with Crippen LogP contribution in [0.2, 0.25) is 0 Å². The van der Waals surface area contributed by atoms with Crippen molar-refractivity contribution in [3.05, 3.63) is 47.2 Å². The van der Waals surface area contributed by atoms with Gasteiger partial charge in [-0.2, -0.15) is 13.2 Å². The van der Waals surface area contributed by atoms with E-state index in [0.717, 1.165) is 17.8 Å². The molecule has 0 fully saturated rings. The highest BCUT2D eigenvalue weighted by atomic mass is 32.2. The number of hydrogen-bond acceptors (Lipinski definition) is 5. The van der Waals surface area contributed by atoms with Gasteiger partial charge in [-0.1, -0.05) is 11.8 Å². The Morgan fingerprint density at radius 1 is 1.26 bits per heavy atom. The summed E-state index contributed by atoms with van der Waals surface area (Å²) < 4.78 is 60.5. The van der Waals surface area contributed by atoms with Crippen molar-refractivity contribution in [3.63, 3.8) is 0 Å². The van der Waals surface area contributed by atoms with Crippen molar-refractivity contribution >= 4 is 33.4 Å². The number of nitrogens with two attached hydrogens (primary N) is 1. The summed E-state index contributed by atoms with van der Waals surface area (Å²) in [5.41, 5.74) is 0.731. The summed E-state index contributed by atoms with van der Waals surface area (Å²) in [4.78, 5) is 15.7. The fraction of sp³-hybridized carbons (Fsp3) is 0.250. The standard InChI is InChI=1S/C16H16F3N3O3S2/c1-9-5-12(27(20,24)25)6-13(10(9)2)22-14(23)8-26-15-4-3-11(7-21-15)16(17,18)19/h3-7H,8H2,1-2H3,(H,22,23)(H2,20,24,25). The third-order valence-electron chi connectivity index (χ3n) is 3.66. The maximum absolute atomic E-state index is 12.5. The van der Waals surface area contributed by atoms with E-state index in [4.69, 9.17) is 5.14 Å². The first-order valence-corrected chi connectivity index (χ1v) is 10.0. The third-order valence-corrected chi connectivity index (χ3v) is 5.49. The number of benzene rings is 1. The van der Waals surface area contributed by atoms with E-state index in [0.29, 0.717) is 23.0 Å². The minimum atomic E-state index is -4.47. The predicted octanol–water partition coefficient (Wildman–Crippen LogP) is 3.10. The third kappa shape index (κ3) is 5.68. The van der Waals surface area contributed by atoms with E-state index in [1.807, 2.05) is 0 Å². The van der Waals surface area contributed by atoms with Crippen LogP contribution in [0.15, 0.2) is 40.4 Å². The van der Waals surface area contributed by atoms with Crippen molar-refractivity contribution in [2.45, 2.75) is 29.9 Å². The molecule has 0 saturated heterocycles. The summed E-state index contributed by atoms with van der Waals surface area (Å²) in [5, 5.41) is 7.96. The number of amides is 1. The number of sulfonamides is 1. The number of anilines is 1. The molecule has 6 nitrogen and oxygen atoms in total. The van der Waals surface area contributed by atoms with Crippen LogP contribution in [0.4, 0.5) is 18.9 Å². The van der Waals surface area contributed by atoms with Gasteiger partial charge in [-0.25, -0.2) is 18.5 Å². The number of carbonyl (C=O) groups is 1. The number of halogens is 3. The molecule has 0 bridgehead atoms. The summed E-state index contributed by atoms with van der Waals surface area (Å²) in [7, 11) is -3.93. The molecule has 0 radical (unpaired) electrons. The van der Waals surface area contributed by atoms with E-state index in [1.165, 1.54) is 18.2 Å². The SMILES string of the molecule is Cc1cc(S(N)(=O)=O)cc(NC(=O)CSc2ccc(C(F)(F)F)cn2)c1C. The Bertz CT molecular complexity index is 959. The van der Waals surface area contributed by atoms with Crippen molar-refractivity contribution in [2.24, 2.45) is 5.14 Å². The summed E-state index contributed by atoms with van der Waals surface area (Å²) in [5.74, 6) is -0.577. The molecule has 11 heteroatoms. The molecular formula is C16H16F3N3O3S2. The number of carbonyl (C=O) groups excluding carboxylic acids is 1. The van der Waals surface area contributed by atoms with E-state index in [9.17, 15) is 26.4 Å². The van der Waals surface area contributed by atoms with Crippen LogP contribution in [0.3, 0.4) is 0 Å². The normalized spacial score (nSPS) is 12.1. The first kappa shape index (κ1) is 21.2. The molecule has 0 aliphatic heterocycles. The average Bonchev–Trinajstić information content (AvgIpc) is 2.55. The lowest BCUT2D eigenvalue weighted by molar-refractivity contribution is -0.137. The Labute approximate surface area is 158 Å². The van der Waals surface area contributed by atoms with Crippen LogP contribution in [0.25, 0.3) is 0 Å². The molecule has 0 saturated carbocycles. The van der Waals surface area contributed by atoms with E-state index in [-0.39, 0.29) is 15.7 Å². The van der Waals surface area contributed by atoms with Crippen molar-refractivity contribution in [1.29, 1.82) is 0 Å². The van der Waals surface area contributed by atoms with Gasteiger partial charge in [0, 0.05) is 11.9 Å². The molecule has 1 heterocycles. The number of pyridine rings is 1. The van der Waals surface area contributed by atoms with Gasteiger partial charge in [0.15, 0.2) is 0 Å². The molecular weight excluding hydrogens is 403 g/mol. The average molecular weight is 419 g/mol. The summed E-state index contributed by atoms with van der Waals surface area (Å²) >= 11 is 0.953. The van der Waals surface area contributed by atoms with Crippen molar-refractivity contribution in [3.8, 4) is 0 Å². The fourth-order valence-electron chi connectivity index (χ4n) is 2.08.